The van der Waals surface area contributed by atoms with E-state index in [0.717, 1.165) is 31.8 Å². The van der Waals surface area contributed by atoms with Gasteiger partial charge in [-0.2, -0.15) is 4.98 Å². The second-order valence-electron chi connectivity index (χ2n) is 8.12. The molecule has 1 aliphatic carbocycles. The first-order valence-electron chi connectivity index (χ1n) is 9.96. The predicted molar refractivity (Wildman–Crippen MR) is 97.3 cm³/mol. The van der Waals surface area contributed by atoms with Gasteiger partial charge in [-0.25, -0.2) is 0 Å². The molecular weight excluding hydrogens is 332 g/mol. The number of piperidine rings is 1. The van der Waals surface area contributed by atoms with Crippen LogP contribution in [0.2, 0.25) is 0 Å². The first-order chi connectivity index (χ1) is 12.5. The highest BCUT2D eigenvalue weighted by Gasteiger charge is 2.42. The Morgan fingerprint density at radius 3 is 2.77 bits per heavy atom. The number of carbonyl (C=O) groups is 1. The molecule has 1 aromatic heterocycles. The molecule has 1 aliphatic heterocycles. The number of carbonyl (C=O) groups excluding carboxylic acids is 1. The van der Waals surface area contributed by atoms with Crippen molar-refractivity contribution in [1.29, 1.82) is 0 Å². The fraction of sp³-hybridized carbons (Fsp3) is 0.842. The zero-order valence-electron chi connectivity index (χ0n) is 16.1. The number of hydrogen-bond acceptors (Lipinski definition) is 6. The molecule has 1 atom stereocenters. The van der Waals surface area contributed by atoms with E-state index in [9.17, 15) is 9.90 Å². The van der Waals surface area contributed by atoms with Gasteiger partial charge in [-0.1, -0.05) is 37.3 Å². The average molecular weight is 364 g/mol. The number of aliphatic hydroxyl groups is 1. The summed E-state index contributed by atoms with van der Waals surface area (Å²) in [4.78, 5) is 20.9. The van der Waals surface area contributed by atoms with Crippen LogP contribution in [0.25, 0.3) is 0 Å². The van der Waals surface area contributed by atoms with Crippen LogP contribution in [0.1, 0.15) is 63.1 Å². The van der Waals surface area contributed by atoms with Crippen molar-refractivity contribution in [2.75, 3.05) is 26.7 Å². The Hall–Kier alpha value is -1.47. The molecule has 0 bridgehead atoms. The Labute approximate surface area is 155 Å². The molecule has 2 fully saturated rings. The first kappa shape index (κ1) is 19.3. The van der Waals surface area contributed by atoms with Crippen molar-refractivity contribution >= 4 is 5.91 Å². The fourth-order valence-electron chi connectivity index (χ4n) is 4.39. The highest BCUT2D eigenvalue weighted by molar-refractivity contribution is 5.86. The lowest BCUT2D eigenvalue weighted by atomic mass is 9.86. The Balaban J connectivity index is 1.52. The molecule has 1 N–H and O–H groups in total. The maximum Gasteiger partial charge on any atom is 0.255 e. The summed E-state index contributed by atoms with van der Waals surface area (Å²) in [6.45, 7) is 4.04. The van der Waals surface area contributed by atoms with Crippen molar-refractivity contribution in [3.8, 4) is 0 Å². The zero-order chi connectivity index (χ0) is 18.6. The largest absolute Gasteiger partial charge is 0.379 e. The Kier molecular flexibility index (Phi) is 6.29. The van der Waals surface area contributed by atoms with Crippen LogP contribution in [0, 0.1) is 12.8 Å². The van der Waals surface area contributed by atoms with E-state index in [-0.39, 0.29) is 5.91 Å². The molecule has 1 saturated carbocycles. The molecule has 26 heavy (non-hydrogen) atoms. The molecule has 2 aliphatic rings. The summed E-state index contributed by atoms with van der Waals surface area (Å²) >= 11 is 0. The van der Waals surface area contributed by atoms with Gasteiger partial charge in [0.05, 0.1) is 6.54 Å². The van der Waals surface area contributed by atoms with Crippen molar-refractivity contribution in [1.82, 2.24) is 19.9 Å². The zero-order valence-corrected chi connectivity index (χ0v) is 16.1. The number of hydrogen-bond donors (Lipinski definition) is 1. The van der Waals surface area contributed by atoms with Gasteiger partial charge in [0.1, 0.15) is 0 Å². The van der Waals surface area contributed by atoms with Gasteiger partial charge in [-0.05, 0) is 32.2 Å². The van der Waals surface area contributed by atoms with Gasteiger partial charge >= 0.3 is 0 Å². The van der Waals surface area contributed by atoms with Crippen molar-refractivity contribution in [2.24, 2.45) is 5.92 Å². The van der Waals surface area contributed by atoms with E-state index >= 15 is 0 Å². The minimum absolute atomic E-state index is 0.115. The molecule has 0 unspecified atom stereocenters. The van der Waals surface area contributed by atoms with Gasteiger partial charge in [0.25, 0.3) is 5.91 Å². The number of aryl methyl sites for hydroxylation is 1. The Bertz CT molecular complexity index is 599. The van der Waals surface area contributed by atoms with E-state index in [1.807, 2.05) is 16.8 Å². The summed E-state index contributed by atoms with van der Waals surface area (Å²) in [5.74, 6) is 1.73. The second kappa shape index (κ2) is 8.48. The molecule has 0 aromatic carbocycles. The minimum Gasteiger partial charge on any atom is -0.379 e. The van der Waals surface area contributed by atoms with Crippen molar-refractivity contribution in [3.63, 3.8) is 0 Å². The lowest BCUT2D eigenvalue weighted by Gasteiger charge is -2.40. The van der Waals surface area contributed by atoms with Gasteiger partial charge in [0.15, 0.2) is 11.4 Å². The Morgan fingerprint density at radius 2 is 2.08 bits per heavy atom. The third-order valence-electron chi connectivity index (χ3n) is 5.75. The lowest BCUT2D eigenvalue weighted by molar-refractivity contribution is -0.159. The van der Waals surface area contributed by atoms with Gasteiger partial charge in [0, 0.05) is 26.6 Å². The second-order valence-corrected chi connectivity index (χ2v) is 8.12. The number of likely N-dealkylation sites (tertiary alicyclic amines) is 1. The van der Waals surface area contributed by atoms with Gasteiger partial charge in [0.2, 0.25) is 5.89 Å². The number of nitrogens with zero attached hydrogens (tertiary/aromatic N) is 4. The Morgan fingerprint density at radius 1 is 1.31 bits per heavy atom. The summed E-state index contributed by atoms with van der Waals surface area (Å²) in [7, 11) is 1.87. The van der Waals surface area contributed by atoms with Crippen molar-refractivity contribution < 1.29 is 14.4 Å². The molecule has 1 saturated heterocycles. The van der Waals surface area contributed by atoms with Crippen molar-refractivity contribution in [3.05, 3.63) is 11.7 Å². The first-order valence-corrected chi connectivity index (χ1v) is 9.96. The third kappa shape index (κ3) is 4.82. The molecule has 0 radical (unpaired) electrons. The lowest BCUT2D eigenvalue weighted by Crippen LogP contribution is -2.58. The van der Waals surface area contributed by atoms with Crippen LogP contribution >= 0.6 is 0 Å². The highest BCUT2D eigenvalue weighted by Crippen LogP contribution is 2.29. The maximum absolute atomic E-state index is 12.9. The van der Waals surface area contributed by atoms with E-state index in [1.165, 1.54) is 32.1 Å². The highest BCUT2D eigenvalue weighted by atomic mass is 16.5. The van der Waals surface area contributed by atoms with Crippen LogP contribution < -0.4 is 0 Å². The van der Waals surface area contributed by atoms with Crippen LogP contribution in [-0.4, -0.2) is 63.2 Å². The summed E-state index contributed by atoms with van der Waals surface area (Å²) in [6.07, 6.45) is 9.01. The number of aromatic nitrogens is 2. The summed E-state index contributed by atoms with van der Waals surface area (Å²) in [5, 5.41) is 14.9. The van der Waals surface area contributed by atoms with Crippen molar-refractivity contribution in [2.45, 2.75) is 70.4 Å². The quantitative estimate of drug-likeness (QED) is 0.798. The molecule has 7 nitrogen and oxygen atoms in total. The topological polar surface area (TPSA) is 82.7 Å². The van der Waals surface area contributed by atoms with E-state index in [0.29, 0.717) is 31.2 Å². The molecule has 0 spiro atoms. The van der Waals surface area contributed by atoms with Gasteiger partial charge in [-0.3, -0.25) is 9.69 Å². The number of likely N-dealkylation sites (N-methyl/N-ethyl adjacent to an activating group) is 1. The standard InChI is InChI=1S/C19H32N4O3/c1-15-20-17(21-26-15)13-22(2)14-19(25)10-6-11-23(18(19)24)12-9-16-7-4-3-5-8-16/h16,25H,3-14H2,1-2H3/t19-/m0/s1. The predicted octanol–water partition coefficient (Wildman–Crippen LogP) is 2.13. The molecule has 1 aromatic rings. The average Bonchev–Trinajstić information content (AvgIpc) is 3.02. The van der Waals surface area contributed by atoms with Gasteiger partial charge in [-0.15, -0.1) is 0 Å². The van der Waals surface area contributed by atoms with Gasteiger partial charge < -0.3 is 14.5 Å². The van der Waals surface area contributed by atoms with Crippen LogP contribution in [-0.2, 0) is 11.3 Å². The third-order valence-corrected chi connectivity index (χ3v) is 5.75. The minimum atomic E-state index is -1.31. The molecule has 2 heterocycles. The molecule has 3 rings (SSSR count). The van der Waals surface area contributed by atoms with E-state index < -0.39 is 5.60 Å². The summed E-state index contributed by atoms with van der Waals surface area (Å²) in [6, 6.07) is 0. The molecule has 7 heteroatoms. The van der Waals surface area contributed by atoms with Crippen LogP contribution in [0.3, 0.4) is 0 Å². The smallest absolute Gasteiger partial charge is 0.255 e. The monoisotopic (exact) mass is 364 g/mol. The summed E-state index contributed by atoms with van der Waals surface area (Å²) < 4.78 is 4.98. The summed E-state index contributed by atoms with van der Waals surface area (Å²) in [5.41, 5.74) is -1.31. The normalized spacial score (nSPS) is 25.2. The SMILES string of the molecule is Cc1nc(CN(C)C[C@@]2(O)CCCN(CCC3CCCCC3)C2=O)no1. The van der Waals surface area contributed by atoms with Crippen LogP contribution in [0.15, 0.2) is 4.52 Å². The number of rotatable bonds is 7. The van der Waals surface area contributed by atoms with Crippen LogP contribution in [0.4, 0.5) is 0 Å². The van der Waals surface area contributed by atoms with Crippen LogP contribution in [0.5, 0.6) is 0 Å². The fourth-order valence-corrected chi connectivity index (χ4v) is 4.39. The maximum atomic E-state index is 12.9. The van der Waals surface area contributed by atoms with E-state index in [4.69, 9.17) is 4.52 Å². The van der Waals surface area contributed by atoms with E-state index in [1.54, 1.807) is 6.92 Å². The van der Waals surface area contributed by atoms with E-state index in [2.05, 4.69) is 10.1 Å². The number of amides is 1. The molecular formula is C19H32N4O3. The molecule has 146 valence electrons. The molecule has 1 amide bonds.